The number of rotatable bonds is 4. The maximum atomic E-state index is 11.9. The quantitative estimate of drug-likeness (QED) is 0.795. The van der Waals surface area contributed by atoms with Crippen LogP contribution in [0.4, 0.5) is 0 Å². The third kappa shape index (κ3) is 3.95. The Bertz CT molecular complexity index is 406. The molecule has 1 N–H and O–H groups in total. The molecule has 0 aliphatic heterocycles. The molecule has 0 spiro atoms. The second-order valence-electron chi connectivity index (χ2n) is 5.62. The van der Waals surface area contributed by atoms with E-state index in [9.17, 15) is 13.2 Å². The summed E-state index contributed by atoms with van der Waals surface area (Å²) in [7, 11) is -3.39. The van der Waals surface area contributed by atoms with Gasteiger partial charge in [-0.2, -0.15) is 0 Å². The molecule has 1 aliphatic rings. The zero-order chi connectivity index (χ0) is 14.0. The molecule has 0 aromatic carbocycles. The Hall–Kier alpha value is -0.100. The highest BCUT2D eigenvalue weighted by Gasteiger charge is 2.38. The van der Waals surface area contributed by atoms with Gasteiger partial charge in [0.15, 0.2) is 9.84 Å². The van der Waals surface area contributed by atoms with Crippen molar-refractivity contribution in [3.63, 3.8) is 0 Å². The minimum Gasteiger partial charge on any atom is -0.354 e. The van der Waals surface area contributed by atoms with Crippen LogP contribution in [0.3, 0.4) is 0 Å². The molecule has 1 fully saturated rings. The lowest BCUT2D eigenvalue weighted by Gasteiger charge is -2.28. The molecule has 4 nitrogen and oxygen atoms in total. The Balaban J connectivity index is 2.51. The monoisotopic (exact) mass is 339 g/mol. The molecule has 0 aromatic rings. The van der Waals surface area contributed by atoms with Crippen molar-refractivity contribution in [1.82, 2.24) is 5.32 Å². The second-order valence-corrected chi connectivity index (χ2v) is 9.48. The van der Waals surface area contributed by atoms with Gasteiger partial charge in [0.25, 0.3) is 0 Å². The van der Waals surface area contributed by atoms with Crippen molar-refractivity contribution < 1.29 is 13.2 Å². The second kappa shape index (κ2) is 5.90. The van der Waals surface area contributed by atoms with E-state index in [1.807, 2.05) is 0 Å². The molecule has 2 unspecified atom stereocenters. The lowest BCUT2D eigenvalue weighted by atomic mass is 9.89. The van der Waals surface area contributed by atoms with Gasteiger partial charge >= 0.3 is 0 Å². The van der Waals surface area contributed by atoms with Crippen molar-refractivity contribution >= 4 is 31.7 Å². The highest BCUT2D eigenvalue weighted by molar-refractivity contribution is 9.09. The third-order valence-corrected chi connectivity index (χ3v) is 6.61. The van der Waals surface area contributed by atoms with Crippen LogP contribution in [0.1, 0.15) is 39.5 Å². The highest BCUT2D eigenvalue weighted by Crippen LogP contribution is 2.28. The summed E-state index contributed by atoms with van der Waals surface area (Å²) >= 11 is 3.60. The van der Waals surface area contributed by atoms with Gasteiger partial charge in [-0.05, 0) is 39.0 Å². The van der Waals surface area contributed by atoms with Crippen molar-refractivity contribution in [1.29, 1.82) is 0 Å². The Kier molecular flexibility index (Phi) is 5.23. The van der Waals surface area contributed by atoms with E-state index in [0.717, 1.165) is 25.5 Å². The van der Waals surface area contributed by atoms with Crippen molar-refractivity contribution in [2.45, 2.75) is 49.1 Å². The lowest BCUT2D eigenvalue weighted by Crippen LogP contribution is -2.48. The van der Waals surface area contributed by atoms with Gasteiger partial charge in [-0.15, -0.1) is 0 Å². The average molecular weight is 340 g/mol. The van der Waals surface area contributed by atoms with E-state index in [1.165, 1.54) is 20.3 Å². The number of hydrogen-bond donors (Lipinski definition) is 1. The number of amides is 1. The molecular weight excluding hydrogens is 318 g/mol. The molecule has 1 saturated carbocycles. The molecule has 0 saturated heterocycles. The maximum Gasteiger partial charge on any atom is 0.240 e. The summed E-state index contributed by atoms with van der Waals surface area (Å²) < 4.78 is 21.7. The molecule has 0 bridgehead atoms. The zero-order valence-electron chi connectivity index (χ0n) is 11.2. The van der Waals surface area contributed by atoms with Crippen LogP contribution in [-0.2, 0) is 14.6 Å². The van der Waals surface area contributed by atoms with Crippen molar-refractivity contribution in [3.05, 3.63) is 0 Å². The number of halogens is 1. The molecule has 0 aromatic heterocycles. The fourth-order valence-corrected chi connectivity index (χ4v) is 3.29. The van der Waals surface area contributed by atoms with E-state index < -0.39 is 20.5 Å². The largest absolute Gasteiger partial charge is 0.354 e. The van der Waals surface area contributed by atoms with E-state index in [-0.39, 0.29) is 0 Å². The van der Waals surface area contributed by atoms with Gasteiger partial charge in [-0.3, -0.25) is 4.79 Å². The van der Waals surface area contributed by atoms with E-state index in [4.69, 9.17) is 0 Å². The van der Waals surface area contributed by atoms with Gasteiger partial charge in [0.1, 0.15) is 4.75 Å². The third-order valence-electron chi connectivity index (χ3n) is 3.74. The summed E-state index contributed by atoms with van der Waals surface area (Å²) in [5, 5.41) is 2.78. The molecule has 1 rings (SSSR count). The number of hydrogen-bond acceptors (Lipinski definition) is 3. The Morgan fingerprint density at radius 1 is 1.39 bits per heavy atom. The van der Waals surface area contributed by atoms with Crippen LogP contribution in [0.5, 0.6) is 0 Å². The van der Waals surface area contributed by atoms with E-state index >= 15 is 0 Å². The predicted octanol–water partition coefficient (Wildman–Crippen LogP) is 1.88. The van der Waals surface area contributed by atoms with E-state index in [2.05, 4.69) is 21.2 Å². The summed E-state index contributed by atoms with van der Waals surface area (Å²) in [5.74, 6) is 0.0455. The van der Waals surface area contributed by atoms with Crippen LogP contribution in [0.2, 0.25) is 0 Å². The SMILES string of the molecule is CC(C)(C(=O)NCC1CCCC(Br)C1)S(C)(=O)=O. The molecule has 106 valence electrons. The summed E-state index contributed by atoms with van der Waals surface area (Å²) in [6.07, 6.45) is 5.58. The first kappa shape index (κ1) is 16.0. The highest BCUT2D eigenvalue weighted by atomic mass is 79.9. The summed E-state index contributed by atoms with van der Waals surface area (Å²) in [4.78, 5) is 12.5. The molecule has 6 heteroatoms. The Labute approximate surface area is 118 Å². The fourth-order valence-electron chi connectivity index (χ4n) is 2.03. The average Bonchev–Trinajstić information content (AvgIpc) is 2.24. The van der Waals surface area contributed by atoms with Gasteiger partial charge in [-0.25, -0.2) is 8.42 Å². The molecule has 0 heterocycles. The van der Waals surface area contributed by atoms with Crippen LogP contribution in [0.15, 0.2) is 0 Å². The topological polar surface area (TPSA) is 63.2 Å². The minimum absolute atomic E-state index is 0.401. The number of nitrogens with one attached hydrogen (secondary N) is 1. The van der Waals surface area contributed by atoms with Crippen molar-refractivity contribution in [2.24, 2.45) is 5.92 Å². The lowest BCUT2D eigenvalue weighted by molar-refractivity contribution is -0.123. The standard InChI is InChI=1S/C12H22BrNO3S/c1-12(2,18(3,16)17)11(15)14-8-9-5-4-6-10(13)7-9/h9-10H,4-8H2,1-3H3,(H,14,15). The normalized spacial score (nSPS) is 25.8. The summed E-state index contributed by atoms with van der Waals surface area (Å²) in [5.41, 5.74) is 0. The van der Waals surface area contributed by atoms with Crippen LogP contribution >= 0.6 is 15.9 Å². The molecule has 1 amide bonds. The molecule has 18 heavy (non-hydrogen) atoms. The van der Waals surface area contributed by atoms with Gasteiger partial charge in [0.05, 0.1) is 0 Å². The first-order valence-electron chi connectivity index (χ1n) is 6.26. The summed E-state index contributed by atoms with van der Waals surface area (Å²) in [6.45, 7) is 3.47. The Morgan fingerprint density at radius 2 is 2.00 bits per heavy atom. The van der Waals surface area contributed by atoms with Crippen LogP contribution in [-0.4, -0.2) is 36.7 Å². The number of carbonyl (C=O) groups is 1. The molecular formula is C12H22BrNO3S. The van der Waals surface area contributed by atoms with Crippen LogP contribution in [0, 0.1) is 5.92 Å². The number of alkyl halides is 1. The van der Waals surface area contributed by atoms with E-state index in [0.29, 0.717) is 17.3 Å². The summed E-state index contributed by atoms with van der Waals surface area (Å²) in [6, 6.07) is 0. The zero-order valence-corrected chi connectivity index (χ0v) is 13.6. The number of carbonyl (C=O) groups excluding carboxylic acids is 1. The molecule has 1 aliphatic carbocycles. The Morgan fingerprint density at radius 3 is 2.50 bits per heavy atom. The van der Waals surface area contributed by atoms with Crippen molar-refractivity contribution in [3.8, 4) is 0 Å². The minimum atomic E-state index is -3.39. The molecule has 0 radical (unpaired) electrons. The van der Waals surface area contributed by atoms with E-state index in [1.54, 1.807) is 0 Å². The fraction of sp³-hybridized carbons (Fsp3) is 0.917. The smallest absolute Gasteiger partial charge is 0.240 e. The predicted molar refractivity (Wildman–Crippen MR) is 76.6 cm³/mol. The van der Waals surface area contributed by atoms with Gasteiger partial charge in [0, 0.05) is 17.6 Å². The number of sulfone groups is 1. The van der Waals surface area contributed by atoms with Crippen molar-refractivity contribution in [2.75, 3.05) is 12.8 Å². The van der Waals surface area contributed by atoms with Gasteiger partial charge in [0.2, 0.25) is 5.91 Å². The van der Waals surface area contributed by atoms with Gasteiger partial charge < -0.3 is 5.32 Å². The van der Waals surface area contributed by atoms with Crippen LogP contribution in [0.25, 0.3) is 0 Å². The first-order valence-corrected chi connectivity index (χ1v) is 9.07. The van der Waals surface area contributed by atoms with Crippen LogP contribution < -0.4 is 5.32 Å². The van der Waals surface area contributed by atoms with Gasteiger partial charge in [-0.1, -0.05) is 22.4 Å². The maximum absolute atomic E-state index is 11.9. The first-order chi connectivity index (χ1) is 8.14. The molecule has 2 atom stereocenters.